The van der Waals surface area contributed by atoms with Gasteiger partial charge in [-0.05, 0) is 63.8 Å². The van der Waals surface area contributed by atoms with E-state index in [9.17, 15) is 4.79 Å². The van der Waals surface area contributed by atoms with Crippen molar-refractivity contribution in [2.24, 2.45) is 7.05 Å². The van der Waals surface area contributed by atoms with Crippen molar-refractivity contribution in [3.8, 4) is 17.0 Å². The summed E-state index contributed by atoms with van der Waals surface area (Å²) in [6.45, 7) is 3.58. The summed E-state index contributed by atoms with van der Waals surface area (Å²) in [6.07, 6.45) is 0.913. The summed E-state index contributed by atoms with van der Waals surface area (Å²) in [6, 6.07) is 7.76. The number of carbonyl (C=O) groups excluding carboxylic acids is 1. The minimum absolute atomic E-state index is 0.138. The molecule has 6 nitrogen and oxygen atoms in total. The molecule has 0 spiro atoms. The smallest absolute Gasteiger partial charge is 0.271 e. The number of methoxy groups -OCH3 is 1. The van der Waals surface area contributed by atoms with Crippen molar-refractivity contribution in [1.29, 1.82) is 0 Å². The molecule has 0 aliphatic heterocycles. The molecule has 24 heavy (non-hydrogen) atoms. The Balaban J connectivity index is 2.09. The van der Waals surface area contributed by atoms with Gasteiger partial charge in [-0.3, -0.25) is 9.48 Å². The Morgan fingerprint density at radius 3 is 2.71 bits per heavy atom. The largest absolute Gasteiger partial charge is 0.496 e. The fraction of sp³-hybridized carbons (Fsp3) is 0.444. The maximum atomic E-state index is 12.2. The number of hydrogen-bond donors (Lipinski definition) is 1. The molecule has 1 aromatic heterocycles. The van der Waals surface area contributed by atoms with E-state index in [4.69, 9.17) is 4.74 Å². The Morgan fingerprint density at radius 1 is 1.33 bits per heavy atom. The molecule has 6 heteroatoms. The van der Waals surface area contributed by atoms with Crippen LogP contribution in [0.2, 0.25) is 0 Å². The first-order valence-electron chi connectivity index (χ1n) is 8.04. The summed E-state index contributed by atoms with van der Waals surface area (Å²) >= 11 is 0. The van der Waals surface area contributed by atoms with E-state index in [2.05, 4.69) is 15.3 Å². The van der Waals surface area contributed by atoms with E-state index in [1.54, 1.807) is 11.8 Å². The number of benzene rings is 1. The highest BCUT2D eigenvalue weighted by molar-refractivity contribution is 5.93. The van der Waals surface area contributed by atoms with Crippen LogP contribution in [0.25, 0.3) is 11.3 Å². The molecule has 1 N–H and O–H groups in total. The Kier molecular flexibility index (Phi) is 5.98. The fourth-order valence-corrected chi connectivity index (χ4v) is 2.57. The normalized spacial score (nSPS) is 10.9. The first kappa shape index (κ1) is 18.0. The van der Waals surface area contributed by atoms with Crippen LogP contribution < -0.4 is 10.1 Å². The van der Waals surface area contributed by atoms with Crippen LogP contribution in [-0.4, -0.2) is 54.9 Å². The molecule has 0 saturated heterocycles. The Hall–Kier alpha value is -2.34. The van der Waals surface area contributed by atoms with Crippen molar-refractivity contribution >= 4 is 5.91 Å². The lowest BCUT2D eigenvalue weighted by Gasteiger charge is -2.09. The molecular weight excluding hydrogens is 304 g/mol. The summed E-state index contributed by atoms with van der Waals surface area (Å²) in [4.78, 5) is 14.3. The van der Waals surface area contributed by atoms with Crippen LogP contribution in [0, 0.1) is 6.92 Å². The van der Waals surface area contributed by atoms with Crippen LogP contribution in [0.3, 0.4) is 0 Å². The van der Waals surface area contributed by atoms with Gasteiger partial charge in [0.2, 0.25) is 0 Å². The third kappa shape index (κ3) is 4.35. The van der Waals surface area contributed by atoms with E-state index in [0.29, 0.717) is 12.2 Å². The van der Waals surface area contributed by atoms with Crippen LogP contribution >= 0.6 is 0 Å². The highest BCUT2D eigenvalue weighted by Gasteiger charge is 2.14. The third-order valence-electron chi connectivity index (χ3n) is 3.87. The average molecular weight is 330 g/mol. The van der Waals surface area contributed by atoms with Crippen LogP contribution in [0.1, 0.15) is 22.5 Å². The quantitative estimate of drug-likeness (QED) is 0.790. The predicted molar refractivity (Wildman–Crippen MR) is 95.4 cm³/mol. The van der Waals surface area contributed by atoms with E-state index < -0.39 is 0 Å². The number of carbonyl (C=O) groups is 1. The van der Waals surface area contributed by atoms with Crippen molar-refractivity contribution in [2.45, 2.75) is 13.3 Å². The summed E-state index contributed by atoms with van der Waals surface area (Å²) in [5.74, 6) is 0.709. The fourth-order valence-electron chi connectivity index (χ4n) is 2.57. The molecule has 0 saturated carbocycles. The third-order valence-corrected chi connectivity index (χ3v) is 3.87. The molecule has 1 aromatic carbocycles. The molecule has 2 rings (SSSR count). The summed E-state index contributed by atoms with van der Waals surface area (Å²) in [5, 5.41) is 7.25. The minimum Gasteiger partial charge on any atom is -0.496 e. The van der Waals surface area contributed by atoms with Gasteiger partial charge in [0, 0.05) is 19.2 Å². The van der Waals surface area contributed by atoms with Crippen molar-refractivity contribution in [3.05, 3.63) is 35.5 Å². The number of rotatable bonds is 7. The highest BCUT2D eigenvalue weighted by Crippen LogP contribution is 2.26. The first-order chi connectivity index (χ1) is 11.4. The molecule has 0 fully saturated rings. The van der Waals surface area contributed by atoms with Gasteiger partial charge in [0.05, 0.1) is 12.8 Å². The van der Waals surface area contributed by atoms with Crippen LogP contribution in [0.4, 0.5) is 0 Å². The number of nitrogens with one attached hydrogen (secondary N) is 1. The van der Waals surface area contributed by atoms with Crippen molar-refractivity contribution in [2.75, 3.05) is 34.3 Å². The molecular formula is C18H26N4O2. The van der Waals surface area contributed by atoms with Crippen LogP contribution in [-0.2, 0) is 7.05 Å². The maximum Gasteiger partial charge on any atom is 0.271 e. The molecule has 0 aliphatic carbocycles. The number of amides is 1. The number of aryl methyl sites for hydroxylation is 2. The van der Waals surface area contributed by atoms with E-state index in [1.807, 2.05) is 52.3 Å². The number of nitrogens with zero attached hydrogens (tertiary/aromatic N) is 3. The molecule has 1 heterocycles. The maximum absolute atomic E-state index is 12.2. The zero-order chi connectivity index (χ0) is 17.7. The summed E-state index contributed by atoms with van der Waals surface area (Å²) in [7, 11) is 7.54. The molecule has 130 valence electrons. The molecule has 0 atom stereocenters. The molecule has 0 unspecified atom stereocenters. The van der Waals surface area contributed by atoms with E-state index >= 15 is 0 Å². The predicted octanol–water partition coefficient (Wildman–Crippen LogP) is 2.09. The van der Waals surface area contributed by atoms with Crippen LogP contribution in [0.5, 0.6) is 5.75 Å². The Morgan fingerprint density at radius 2 is 2.08 bits per heavy atom. The van der Waals surface area contributed by atoms with Crippen molar-refractivity contribution in [3.63, 3.8) is 0 Å². The topological polar surface area (TPSA) is 59.4 Å². The summed E-state index contributed by atoms with van der Waals surface area (Å²) < 4.78 is 7.02. The van der Waals surface area contributed by atoms with Gasteiger partial charge in [-0.1, -0.05) is 0 Å². The Bertz CT molecular complexity index is 707. The second-order valence-electron chi connectivity index (χ2n) is 6.14. The molecule has 2 aromatic rings. The zero-order valence-corrected chi connectivity index (χ0v) is 15.1. The van der Waals surface area contributed by atoms with Gasteiger partial charge in [-0.2, -0.15) is 5.10 Å². The molecule has 1 amide bonds. The average Bonchev–Trinajstić information content (AvgIpc) is 2.93. The lowest BCUT2D eigenvalue weighted by molar-refractivity contribution is 0.0946. The minimum atomic E-state index is -0.138. The number of hydrogen-bond acceptors (Lipinski definition) is 4. The molecule has 0 bridgehead atoms. The van der Waals surface area contributed by atoms with Gasteiger partial charge < -0.3 is 15.0 Å². The van der Waals surface area contributed by atoms with Gasteiger partial charge in [0.1, 0.15) is 5.75 Å². The SMILES string of the molecule is COc1ccc(-c2cc(C(=O)NCCCN(C)C)nn2C)cc1C. The lowest BCUT2D eigenvalue weighted by atomic mass is 10.1. The van der Waals surface area contributed by atoms with Crippen molar-refractivity contribution in [1.82, 2.24) is 20.0 Å². The second kappa shape index (κ2) is 7.97. The van der Waals surface area contributed by atoms with Gasteiger partial charge >= 0.3 is 0 Å². The molecule has 0 aliphatic rings. The van der Waals surface area contributed by atoms with Crippen LogP contribution in [0.15, 0.2) is 24.3 Å². The Labute approximate surface area is 143 Å². The van der Waals surface area contributed by atoms with E-state index in [1.165, 1.54) is 0 Å². The monoisotopic (exact) mass is 330 g/mol. The van der Waals surface area contributed by atoms with Gasteiger partial charge in [0.15, 0.2) is 5.69 Å². The number of aromatic nitrogens is 2. The van der Waals surface area contributed by atoms with E-state index in [-0.39, 0.29) is 5.91 Å². The highest BCUT2D eigenvalue weighted by atomic mass is 16.5. The standard InChI is InChI=1S/C18H26N4O2/c1-13-11-14(7-8-17(13)24-5)16-12-15(20-22(16)4)18(23)19-9-6-10-21(2)3/h7-8,11-12H,6,9-10H2,1-5H3,(H,19,23). The van der Waals surface area contributed by atoms with E-state index in [0.717, 1.165) is 35.5 Å². The van der Waals surface area contributed by atoms with Gasteiger partial charge in [0.25, 0.3) is 5.91 Å². The lowest BCUT2D eigenvalue weighted by Crippen LogP contribution is -2.27. The van der Waals surface area contributed by atoms with Gasteiger partial charge in [-0.15, -0.1) is 0 Å². The zero-order valence-electron chi connectivity index (χ0n) is 15.1. The summed E-state index contributed by atoms with van der Waals surface area (Å²) in [5.41, 5.74) is 3.39. The second-order valence-corrected chi connectivity index (χ2v) is 6.14. The van der Waals surface area contributed by atoms with Crippen molar-refractivity contribution < 1.29 is 9.53 Å². The first-order valence-corrected chi connectivity index (χ1v) is 8.04. The molecule has 0 radical (unpaired) electrons. The number of ether oxygens (including phenoxy) is 1. The van der Waals surface area contributed by atoms with Gasteiger partial charge in [-0.25, -0.2) is 0 Å².